The van der Waals surface area contributed by atoms with E-state index in [0.717, 1.165) is 29.0 Å². The molecule has 2 rings (SSSR count). The summed E-state index contributed by atoms with van der Waals surface area (Å²) in [5, 5.41) is 5.77. The molecule has 0 aliphatic heterocycles. The zero-order valence-corrected chi connectivity index (χ0v) is 13.8. The molecule has 1 atom stereocenters. The second-order valence-corrected chi connectivity index (χ2v) is 5.43. The number of nitrogens with zero attached hydrogens (tertiary/aromatic N) is 1. The quantitative estimate of drug-likeness (QED) is 0.845. The smallest absolute Gasteiger partial charge is 0.319 e. The first-order chi connectivity index (χ1) is 11.1. The lowest BCUT2D eigenvalue weighted by molar-refractivity contribution is 0.249. The summed E-state index contributed by atoms with van der Waals surface area (Å²) in [7, 11) is 0. The first kappa shape index (κ1) is 16.8. The van der Waals surface area contributed by atoms with Crippen LogP contribution < -0.4 is 15.4 Å². The summed E-state index contributed by atoms with van der Waals surface area (Å²) in [5.41, 5.74) is 2.69. The van der Waals surface area contributed by atoms with Gasteiger partial charge in [0.25, 0.3) is 0 Å². The number of hydrogen-bond acceptors (Lipinski definition) is 3. The Kier molecular flexibility index (Phi) is 5.97. The van der Waals surface area contributed by atoms with E-state index in [1.54, 1.807) is 12.4 Å². The van der Waals surface area contributed by atoms with Gasteiger partial charge in [0.1, 0.15) is 5.75 Å². The Morgan fingerprint density at radius 1 is 1.35 bits per heavy atom. The lowest BCUT2D eigenvalue weighted by atomic mass is 10.1. The largest absolute Gasteiger partial charge is 0.494 e. The highest BCUT2D eigenvalue weighted by Gasteiger charge is 2.10. The van der Waals surface area contributed by atoms with Gasteiger partial charge in [0.05, 0.1) is 12.6 Å². The van der Waals surface area contributed by atoms with Gasteiger partial charge in [0, 0.05) is 18.1 Å². The number of rotatable bonds is 6. The molecule has 0 aliphatic rings. The standard InChI is InChI=1S/C18H23N3O2/c1-4-10-23-16-7-8-17(13(2)11-16)21-18(22)20-14(3)15-6-5-9-19-12-15/h5-9,11-12,14H,4,10H2,1-3H3,(H2,20,21,22)/t14-/m0/s1. The molecule has 122 valence electrons. The van der Waals surface area contributed by atoms with E-state index in [9.17, 15) is 4.79 Å². The molecule has 2 aromatic rings. The second-order valence-electron chi connectivity index (χ2n) is 5.43. The number of benzene rings is 1. The molecule has 0 spiro atoms. The van der Waals surface area contributed by atoms with Gasteiger partial charge in [-0.1, -0.05) is 13.0 Å². The van der Waals surface area contributed by atoms with E-state index < -0.39 is 0 Å². The van der Waals surface area contributed by atoms with Crippen LogP contribution in [0, 0.1) is 6.92 Å². The van der Waals surface area contributed by atoms with Crippen molar-refractivity contribution in [3.63, 3.8) is 0 Å². The van der Waals surface area contributed by atoms with E-state index >= 15 is 0 Å². The monoisotopic (exact) mass is 313 g/mol. The maximum atomic E-state index is 12.1. The molecule has 2 N–H and O–H groups in total. The summed E-state index contributed by atoms with van der Waals surface area (Å²) in [6.07, 6.45) is 4.42. The molecule has 0 radical (unpaired) electrons. The highest BCUT2D eigenvalue weighted by molar-refractivity contribution is 5.90. The number of aryl methyl sites for hydroxylation is 1. The fraction of sp³-hybridized carbons (Fsp3) is 0.333. The van der Waals surface area contributed by atoms with Crippen molar-refractivity contribution in [2.45, 2.75) is 33.2 Å². The molecule has 23 heavy (non-hydrogen) atoms. The van der Waals surface area contributed by atoms with E-state index in [0.29, 0.717) is 6.61 Å². The van der Waals surface area contributed by atoms with Crippen LogP contribution in [0.15, 0.2) is 42.7 Å². The zero-order valence-electron chi connectivity index (χ0n) is 13.8. The molecular weight excluding hydrogens is 290 g/mol. The SMILES string of the molecule is CCCOc1ccc(NC(=O)N[C@@H](C)c2cccnc2)c(C)c1. The van der Waals surface area contributed by atoms with Crippen molar-refractivity contribution in [3.05, 3.63) is 53.9 Å². The first-order valence-corrected chi connectivity index (χ1v) is 7.81. The number of amides is 2. The average molecular weight is 313 g/mol. The molecule has 0 saturated heterocycles. The van der Waals surface area contributed by atoms with Crippen molar-refractivity contribution >= 4 is 11.7 Å². The number of carbonyl (C=O) groups excluding carboxylic acids is 1. The molecule has 1 aromatic carbocycles. The van der Waals surface area contributed by atoms with Crippen LogP contribution in [0.2, 0.25) is 0 Å². The van der Waals surface area contributed by atoms with Gasteiger partial charge in [0.15, 0.2) is 0 Å². The minimum Gasteiger partial charge on any atom is -0.494 e. The number of hydrogen-bond donors (Lipinski definition) is 2. The van der Waals surface area contributed by atoms with Crippen LogP contribution >= 0.6 is 0 Å². The van der Waals surface area contributed by atoms with Gasteiger partial charge in [-0.15, -0.1) is 0 Å². The van der Waals surface area contributed by atoms with Crippen molar-refractivity contribution < 1.29 is 9.53 Å². The minimum atomic E-state index is -0.244. The van der Waals surface area contributed by atoms with Gasteiger partial charge in [-0.3, -0.25) is 4.98 Å². The predicted octanol–water partition coefficient (Wildman–Crippen LogP) is 4.06. The number of pyridine rings is 1. The Balaban J connectivity index is 1.95. The highest BCUT2D eigenvalue weighted by Crippen LogP contribution is 2.21. The molecule has 0 saturated carbocycles. The summed E-state index contributed by atoms with van der Waals surface area (Å²) >= 11 is 0. The number of carbonyl (C=O) groups is 1. The molecule has 0 unspecified atom stereocenters. The van der Waals surface area contributed by atoms with Crippen LogP contribution in [0.5, 0.6) is 5.75 Å². The van der Waals surface area contributed by atoms with Crippen LogP contribution in [0.1, 0.15) is 37.4 Å². The van der Waals surface area contributed by atoms with Gasteiger partial charge >= 0.3 is 6.03 Å². The van der Waals surface area contributed by atoms with Gasteiger partial charge in [-0.2, -0.15) is 0 Å². The molecule has 1 heterocycles. The fourth-order valence-corrected chi connectivity index (χ4v) is 2.16. The molecule has 0 fully saturated rings. The topological polar surface area (TPSA) is 63.2 Å². The molecule has 1 aromatic heterocycles. The van der Waals surface area contributed by atoms with E-state index in [1.165, 1.54) is 0 Å². The third-order valence-corrected chi connectivity index (χ3v) is 3.45. The molecule has 0 aliphatic carbocycles. The lowest BCUT2D eigenvalue weighted by Crippen LogP contribution is -2.31. The molecule has 0 bridgehead atoms. The van der Waals surface area contributed by atoms with Gasteiger partial charge in [0.2, 0.25) is 0 Å². The third kappa shape index (κ3) is 4.98. The Morgan fingerprint density at radius 3 is 2.83 bits per heavy atom. The fourth-order valence-electron chi connectivity index (χ4n) is 2.16. The van der Waals surface area contributed by atoms with E-state index in [1.807, 2.05) is 44.2 Å². The zero-order chi connectivity index (χ0) is 16.7. The van der Waals surface area contributed by atoms with E-state index in [4.69, 9.17) is 4.74 Å². The second kappa shape index (κ2) is 8.17. The number of urea groups is 1. The normalized spacial score (nSPS) is 11.6. The minimum absolute atomic E-state index is 0.115. The van der Waals surface area contributed by atoms with Crippen molar-refractivity contribution in [1.82, 2.24) is 10.3 Å². The number of anilines is 1. The highest BCUT2D eigenvalue weighted by atomic mass is 16.5. The van der Waals surface area contributed by atoms with Crippen molar-refractivity contribution in [1.29, 1.82) is 0 Å². The third-order valence-electron chi connectivity index (χ3n) is 3.45. The van der Waals surface area contributed by atoms with Crippen LogP contribution in [0.3, 0.4) is 0 Å². The molecule has 5 nitrogen and oxygen atoms in total. The van der Waals surface area contributed by atoms with Crippen LogP contribution in [-0.2, 0) is 0 Å². The van der Waals surface area contributed by atoms with Gasteiger partial charge in [-0.05, 0) is 55.7 Å². The van der Waals surface area contributed by atoms with E-state index in [-0.39, 0.29) is 12.1 Å². The summed E-state index contributed by atoms with van der Waals surface area (Å²) in [6.45, 7) is 6.62. The lowest BCUT2D eigenvalue weighted by Gasteiger charge is -2.16. The Hall–Kier alpha value is -2.56. The Bertz CT molecular complexity index is 644. The van der Waals surface area contributed by atoms with Crippen molar-refractivity contribution in [2.24, 2.45) is 0 Å². The first-order valence-electron chi connectivity index (χ1n) is 7.81. The maximum Gasteiger partial charge on any atom is 0.319 e. The summed E-state index contributed by atoms with van der Waals surface area (Å²) in [6, 6.07) is 9.07. The van der Waals surface area contributed by atoms with Crippen LogP contribution in [-0.4, -0.2) is 17.6 Å². The molecule has 2 amide bonds. The molecular formula is C18H23N3O2. The Labute approximate surface area is 137 Å². The van der Waals surface area contributed by atoms with Crippen LogP contribution in [0.4, 0.5) is 10.5 Å². The van der Waals surface area contributed by atoms with Crippen molar-refractivity contribution in [2.75, 3.05) is 11.9 Å². The summed E-state index contributed by atoms with van der Waals surface area (Å²) < 4.78 is 5.58. The van der Waals surface area contributed by atoms with Crippen LogP contribution in [0.25, 0.3) is 0 Å². The number of aromatic nitrogens is 1. The van der Waals surface area contributed by atoms with Gasteiger partial charge in [-0.25, -0.2) is 4.79 Å². The molecule has 5 heteroatoms. The summed E-state index contributed by atoms with van der Waals surface area (Å²) in [5.74, 6) is 0.819. The number of nitrogens with one attached hydrogen (secondary N) is 2. The average Bonchev–Trinajstić information content (AvgIpc) is 2.56. The predicted molar refractivity (Wildman–Crippen MR) is 91.8 cm³/mol. The van der Waals surface area contributed by atoms with Crippen molar-refractivity contribution in [3.8, 4) is 5.75 Å². The van der Waals surface area contributed by atoms with E-state index in [2.05, 4.69) is 22.5 Å². The Morgan fingerprint density at radius 2 is 2.17 bits per heavy atom. The summed E-state index contributed by atoms with van der Waals surface area (Å²) in [4.78, 5) is 16.2. The number of ether oxygens (including phenoxy) is 1. The van der Waals surface area contributed by atoms with Gasteiger partial charge < -0.3 is 15.4 Å². The maximum absolute atomic E-state index is 12.1.